The summed E-state index contributed by atoms with van der Waals surface area (Å²) in [6.45, 7) is 8.04. The minimum atomic E-state index is -0.669. The van der Waals surface area contributed by atoms with Gasteiger partial charge in [0.05, 0.1) is 30.0 Å². The number of carbonyl (C=O) groups excluding carboxylic acids is 1. The van der Waals surface area contributed by atoms with Crippen molar-refractivity contribution < 1.29 is 9.90 Å². The second-order valence-corrected chi connectivity index (χ2v) is 4.93. The Balaban J connectivity index is 2.11. The Hall–Kier alpha value is -2.14. The normalized spacial score (nSPS) is 12.3. The van der Waals surface area contributed by atoms with Crippen LogP contribution in [0.1, 0.15) is 11.1 Å². The molecule has 1 aromatic carbocycles. The molecule has 0 radical (unpaired) electrons. The van der Waals surface area contributed by atoms with Gasteiger partial charge in [-0.25, -0.2) is 4.98 Å². The van der Waals surface area contributed by atoms with Crippen LogP contribution in [0.25, 0.3) is 11.0 Å². The van der Waals surface area contributed by atoms with Crippen molar-refractivity contribution >= 4 is 16.9 Å². The Morgan fingerprint density at radius 3 is 2.90 bits per heavy atom. The minimum absolute atomic E-state index is 0.190. The standard InChI is InChI=1S/C15H19N3O2/c1-4-15(20)16-7-12(19)8-18-9-17-13-5-10(2)11(3)6-14(13)18/h4-6,9,12,19H,1,7-8H2,2-3H3,(H,16,20). The fourth-order valence-electron chi connectivity index (χ4n) is 2.04. The first-order chi connectivity index (χ1) is 9.51. The van der Waals surface area contributed by atoms with Gasteiger partial charge in [0.25, 0.3) is 0 Å². The van der Waals surface area contributed by atoms with E-state index >= 15 is 0 Å². The van der Waals surface area contributed by atoms with E-state index in [1.54, 1.807) is 6.33 Å². The molecular formula is C15H19N3O2. The number of carbonyl (C=O) groups is 1. The van der Waals surface area contributed by atoms with Gasteiger partial charge in [0.15, 0.2) is 0 Å². The molecule has 0 aliphatic carbocycles. The number of aryl methyl sites for hydroxylation is 2. The first-order valence-electron chi connectivity index (χ1n) is 6.51. The Morgan fingerprint density at radius 1 is 1.50 bits per heavy atom. The van der Waals surface area contributed by atoms with E-state index in [4.69, 9.17) is 0 Å². The number of nitrogens with one attached hydrogen (secondary N) is 1. The number of imidazole rings is 1. The second-order valence-electron chi connectivity index (χ2n) is 4.93. The van der Waals surface area contributed by atoms with Crippen LogP contribution in [0, 0.1) is 13.8 Å². The molecule has 1 amide bonds. The zero-order chi connectivity index (χ0) is 14.7. The molecule has 2 aromatic rings. The predicted octanol–water partition coefficient (Wildman–Crippen LogP) is 1.32. The zero-order valence-corrected chi connectivity index (χ0v) is 11.8. The van der Waals surface area contributed by atoms with Crippen molar-refractivity contribution in [2.45, 2.75) is 26.5 Å². The number of nitrogens with zero attached hydrogens (tertiary/aromatic N) is 2. The van der Waals surface area contributed by atoms with E-state index < -0.39 is 6.10 Å². The summed E-state index contributed by atoms with van der Waals surface area (Å²) in [5.74, 6) is -0.286. The number of aliphatic hydroxyl groups is 1. The van der Waals surface area contributed by atoms with Crippen molar-refractivity contribution in [3.8, 4) is 0 Å². The Bertz CT molecular complexity index is 646. The van der Waals surface area contributed by atoms with Gasteiger partial charge in [-0.1, -0.05) is 6.58 Å². The molecule has 106 valence electrons. The van der Waals surface area contributed by atoms with Crippen LogP contribution in [0.2, 0.25) is 0 Å². The molecule has 1 atom stereocenters. The first kappa shape index (κ1) is 14.3. The molecule has 2 rings (SSSR count). The molecule has 5 heteroatoms. The summed E-state index contributed by atoms with van der Waals surface area (Å²) in [7, 11) is 0. The highest BCUT2D eigenvalue weighted by Gasteiger charge is 2.10. The van der Waals surface area contributed by atoms with Crippen molar-refractivity contribution in [1.29, 1.82) is 0 Å². The van der Waals surface area contributed by atoms with Gasteiger partial charge in [0.1, 0.15) is 0 Å². The van der Waals surface area contributed by atoms with Crippen LogP contribution in [0.5, 0.6) is 0 Å². The van der Waals surface area contributed by atoms with E-state index in [2.05, 4.69) is 22.9 Å². The van der Waals surface area contributed by atoms with Crippen molar-refractivity contribution in [2.75, 3.05) is 6.54 Å². The number of aromatic nitrogens is 2. The van der Waals surface area contributed by atoms with E-state index in [9.17, 15) is 9.90 Å². The molecule has 20 heavy (non-hydrogen) atoms. The number of hydrogen-bond acceptors (Lipinski definition) is 3. The van der Waals surface area contributed by atoms with Crippen molar-refractivity contribution in [3.05, 3.63) is 42.2 Å². The maximum atomic E-state index is 11.1. The summed E-state index contributed by atoms with van der Waals surface area (Å²) in [5, 5.41) is 12.5. The van der Waals surface area contributed by atoms with E-state index in [1.165, 1.54) is 17.2 Å². The van der Waals surface area contributed by atoms with E-state index in [-0.39, 0.29) is 12.5 Å². The zero-order valence-electron chi connectivity index (χ0n) is 11.8. The van der Waals surface area contributed by atoms with Crippen LogP contribution in [0.15, 0.2) is 31.1 Å². The smallest absolute Gasteiger partial charge is 0.243 e. The Morgan fingerprint density at radius 2 is 2.20 bits per heavy atom. The molecule has 1 aromatic heterocycles. The van der Waals surface area contributed by atoms with E-state index in [1.807, 2.05) is 24.5 Å². The van der Waals surface area contributed by atoms with Crippen LogP contribution >= 0.6 is 0 Å². The average Bonchev–Trinajstić information content (AvgIpc) is 2.79. The van der Waals surface area contributed by atoms with Crippen molar-refractivity contribution in [3.63, 3.8) is 0 Å². The summed E-state index contributed by atoms with van der Waals surface area (Å²) in [4.78, 5) is 15.4. The third-order valence-electron chi connectivity index (χ3n) is 3.34. The highest BCUT2D eigenvalue weighted by molar-refractivity contribution is 5.86. The molecule has 0 aliphatic rings. The third kappa shape index (κ3) is 3.05. The van der Waals surface area contributed by atoms with Gasteiger partial charge in [0.2, 0.25) is 5.91 Å². The predicted molar refractivity (Wildman–Crippen MR) is 78.4 cm³/mol. The summed E-state index contributed by atoms with van der Waals surface area (Å²) in [5.41, 5.74) is 4.29. The summed E-state index contributed by atoms with van der Waals surface area (Å²) >= 11 is 0. The Labute approximate surface area is 117 Å². The first-order valence-corrected chi connectivity index (χ1v) is 6.51. The van der Waals surface area contributed by atoms with Crippen molar-refractivity contribution in [2.24, 2.45) is 0 Å². The molecule has 2 N–H and O–H groups in total. The van der Waals surface area contributed by atoms with Gasteiger partial charge in [-0.15, -0.1) is 0 Å². The SMILES string of the molecule is C=CC(=O)NCC(O)Cn1cnc2cc(C)c(C)cc21. The molecule has 1 heterocycles. The fraction of sp³-hybridized carbons (Fsp3) is 0.333. The van der Waals surface area contributed by atoms with Crippen LogP contribution < -0.4 is 5.32 Å². The molecule has 5 nitrogen and oxygen atoms in total. The number of fused-ring (bicyclic) bond motifs is 1. The van der Waals surface area contributed by atoms with Gasteiger partial charge < -0.3 is 15.0 Å². The molecule has 0 saturated carbocycles. The number of amides is 1. The molecule has 0 bridgehead atoms. The van der Waals surface area contributed by atoms with Gasteiger partial charge in [-0.3, -0.25) is 4.79 Å². The fourth-order valence-corrected chi connectivity index (χ4v) is 2.04. The molecule has 0 spiro atoms. The van der Waals surface area contributed by atoms with Gasteiger partial charge in [-0.05, 0) is 43.2 Å². The lowest BCUT2D eigenvalue weighted by Crippen LogP contribution is -2.33. The lowest BCUT2D eigenvalue weighted by molar-refractivity contribution is -0.116. The maximum absolute atomic E-state index is 11.1. The summed E-state index contributed by atoms with van der Waals surface area (Å²) in [6, 6.07) is 4.10. The molecule has 0 fully saturated rings. The van der Waals surface area contributed by atoms with Gasteiger partial charge in [-0.2, -0.15) is 0 Å². The third-order valence-corrected chi connectivity index (χ3v) is 3.34. The monoisotopic (exact) mass is 273 g/mol. The van der Waals surface area contributed by atoms with Crippen LogP contribution in [-0.4, -0.2) is 33.2 Å². The van der Waals surface area contributed by atoms with Gasteiger partial charge >= 0.3 is 0 Å². The summed E-state index contributed by atoms with van der Waals surface area (Å²) in [6.07, 6.45) is 2.23. The highest BCUT2D eigenvalue weighted by Crippen LogP contribution is 2.18. The maximum Gasteiger partial charge on any atom is 0.243 e. The van der Waals surface area contributed by atoms with E-state index in [0.29, 0.717) is 6.54 Å². The molecule has 0 aliphatic heterocycles. The molecular weight excluding hydrogens is 254 g/mol. The topological polar surface area (TPSA) is 67.2 Å². The highest BCUT2D eigenvalue weighted by atomic mass is 16.3. The lowest BCUT2D eigenvalue weighted by Gasteiger charge is -2.12. The number of benzene rings is 1. The summed E-state index contributed by atoms with van der Waals surface area (Å²) < 4.78 is 1.90. The van der Waals surface area contributed by atoms with Crippen LogP contribution in [0.4, 0.5) is 0 Å². The largest absolute Gasteiger partial charge is 0.389 e. The van der Waals surface area contributed by atoms with Crippen LogP contribution in [-0.2, 0) is 11.3 Å². The second kappa shape index (κ2) is 5.88. The quantitative estimate of drug-likeness (QED) is 0.807. The van der Waals surface area contributed by atoms with Gasteiger partial charge in [0, 0.05) is 6.54 Å². The number of rotatable bonds is 5. The molecule has 1 unspecified atom stereocenters. The Kier molecular flexibility index (Phi) is 4.20. The molecule has 0 saturated heterocycles. The minimum Gasteiger partial charge on any atom is -0.389 e. The number of aliphatic hydroxyl groups excluding tert-OH is 1. The van der Waals surface area contributed by atoms with E-state index in [0.717, 1.165) is 11.0 Å². The van der Waals surface area contributed by atoms with Crippen molar-refractivity contribution in [1.82, 2.24) is 14.9 Å². The average molecular weight is 273 g/mol. The number of hydrogen-bond donors (Lipinski definition) is 2. The van der Waals surface area contributed by atoms with Crippen LogP contribution in [0.3, 0.4) is 0 Å². The lowest BCUT2D eigenvalue weighted by atomic mass is 10.1.